The van der Waals surface area contributed by atoms with Crippen molar-refractivity contribution in [3.05, 3.63) is 99.5 Å². The van der Waals surface area contributed by atoms with Gasteiger partial charge in [0.25, 0.3) is 0 Å². The number of carbonyl (C=O) groups excluding carboxylic acids is 2. The van der Waals surface area contributed by atoms with Crippen molar-refractivity contribution in [3.63, 3.8) is 0 Å². The van der Waals surface area contributed by atoms with Crippen LogP contribution in [0.3, 0.4) is 0 Å². The van der Waals surface area contributed by atoms with E-state index in [0.29, 0.717) is 24.5 Å². The number of thioether (sulfide) groups is 1. The lowest BCUT2D eigenvalue weighted by Crippen LogP contribution is -2.51. The van der Waals surface area contributed by atoms with Crippen molar-refractivity contribution in [2.75, 3.05) is 12.3 Å². The van der Waals surface area contributed by atoms with Crippen LogP contribution in [-0.2, 0) is 22.6 Å². The number of nitrogens with one attached hydrogen (secondary N) is 1. The number of nitrogens with zero attached hydrogens (tertiary/aromatic N) is 1. The molecule has 3 rings (SSSR count). The minimum absolute atomic E-state index is 0.0925. The summed E-state index contributed by atoms with van der Waals surface area (Å²) in [6, 6.07) is 24.4. The number of hydrogen-bond acceptors (Lipinski definition) is 3. The third kappa shape index (κ3) is 7.91. The SMILES string of the molecule is CCNC(=O)[C@H](Cc1ccccc1)N(Cc1ccc(Br)cc1)C(=O)CSc1ccc(Cl)cc1. The molecule has 0 aliphatic carbocycles. The standard InChI is InChI=1S/C26H26BrClN2O2S/c1-2-29-26(32)24(16-19-6-4-3-5-7-19)30(17-20-8-10-21(27)11-9-20)25(31)18-33-23-14-12-22(28)13-15-23/h3-15,24H,2,16-18H2,1H3,(H,29,32)/t24-/m0/s1. The number of likely N-dealkylation sites (N-methyl/N-ethyl adjacent to an activating group) is 1. The summed E-state index contributed by atoms with van der Waals surface area (Å²) in [6.45, 7) is 2.74. The first-order valence-electron chi connectivity index (χ1n) is 10.7. The largest absolute Gasteiger partial charge is 0.355 e. The highest BCUT2D eigenvalue weighted by atomic mass is 79.9. The first-order valence-corrected chi connectivity index (χ1v) is 12.9. The van der Waals surface area contributed by atoms with Gasteiger partial charge in [-0.25, -0.2) is 0 Å². The van der Waals surface area contributed by atoms with Crippen LogP contribution in [0, 0.1) is 0 Å². The van der Waals surface area contributed by atoms with Gasteiger partial charge in [-0.2, -0.15) is 0 Å². The van der Waals surface area contributed by atoms with Gasteiger partial charge < -0.3 is 10.2 Å². The summed E-state index contributed by atoms with van der Waals surface area (Å²) in [5, 5.41) is 3.57. The minimum atomic E-state index is -0.616. The molecule has 0 saturated carbocycles. The smallest absolute Gasteiger partial charge is 0.243 e. The van der Waals surface area contributed by atoms with Crippen LogP contribution in [0.25, 0.3) is 0 Å². The van der Waals surface area contributed by atoms with Crippen LogP contribution in [0.5, 0.6) is 0 Å². The van der Waals surface area contributed by atoms with Crippen LogP contribution in [0.15, 0.2) is 88.2 Å². The van der Waals surface area contributed by atoms with E-state index in [0.717, 1.165) is 20.5 Å². The van der Waals surface area contributed by atoms with Gasteiger partial charge >= 0.3 is 0 Å². The quantitative estimate of drug-likeness (QED) is 0.319. The summed E-state index contributed by atoms with van der Waals surface area (Å²) in [5.74, 6) is -0.0172. The maximum atomic E-state index is 13.5. The van der Waals surface area contributed by atoms with Gasteiger partial charge in [0.05, 0.1) is 5.75 Å². The second kappa shape index (κ2) is 12.8. The molecule has 33 heavy (non-hydrogen) atoms. The Morgan fingerprint density at radius 2 is 1.64 bits per heavy atom. The van der Waals surface area contributed by atoms with Crippen molar-refractivity contribution < 1.29 is 9.59 Å². The Bertz CT molecular complexity index is 1050. The van der Waals surface area contributed by atoms with Gasteiger partial charge in [0, 0.05) is 33.9 Å². The van der Waals surface area contributed by atoms with Crippen molar-refractivity contribution in [1.82, 2.24) is 10.2 Å². The van der Waals surface area contributed by atoms with E-state index >= 15 is 0 Å². The van der Waals surface area contributed by atoms with E-state index < -0.39 is 6.04 Å². The van der Waals surface area contributed by atoms with Gasteiger partial charge in [0.1, 0.15) is 6.04 Å². The third-order valence-corrected chi connectivity index (χ3v) is 6.84. The Kier molecular flexibility index (Phi) is 9.85. The fraction of sp³-hybridized carbons (Fsp3) is 0.231. The van der Waals surface area contributed by atoms with Gasteiger partial charge in [-0.1, -0.05) is 70.0 Å². The van der Waals surface area contributed by atoms with Gasteiger partial charge in [0.2, 0.25) is 11.8 Å². The van der Waals surface area contributed by atoms with Crippen molar-refractivity contribution in [2.45, 2.75) is 30.8 Å². The van der Waals surface area contributed by atoms with Crippen molar-refractivity contribution >= 4 is 51.1 Å². The Hall–Kier alpha value is -2.28. The molecule has 7 heteroatoms. The molecule has 0 aliphatic heterocycles. The van der Waals surface area contributed by atoms with E-state index in [4.69, 9.17) is 11.6 Å². The second-order valence-corrected chi connectivity index (χ2v) is 9.89. The molecule has 0 radical (unpaired) electrons. The van der Waals surface area contributed by atoms with E-state index in [1.807, 2.05) is 73.7 Å². The van der Waals surface area contributed by atoms with Crippen LogP contribution in [0.1, 0.15) is 18.1 Å². The Labute approximate surface area is 212 Å². The van der Waals surface area contributed by atoms with Crippen LogP contribution in [0.4, 0.5) is 0 Å². The molecular weight excluding hydrogens is 520 g/mol. The number of hydrogen-bond donors (Lipinski definition) is 1. The van der Waals surface area contributed by atoms with Crippen molar-refractivity contribution in [2.24, 2.45) is 0 Å². The Morgan fingerprint density at radius 1 is 0.970 bits per heavy atom. The lowest BCUT2D eigenvalue weighted by Gasteiger charge is -2.31. The zero-order valence-electron chi connectivity index (χ0n) is 18.3. The third-order valence-electron chi connectivity index (χ3n) is 5.06. The van der Waals surface area contributed by atoms with E-state index in [2.05, 4.69) is 21.2 Å². The molecule has 4 nitrogen and oxygen atoms in total. The molecule has 0 bridgehead atoms. The van der Waals surface area contributed by atoms with Crippen molar-refractivity contribution in [3.8, 4) is 0 Å². The average molecular weight is 546 g/mol. The number of halogens is 2. The molecule has 0 unspecified atom stereocenters. The van der Waals surface area contributed by atoms with E-state index in [9.17, 15) is 9.59 Å². The molecule has 0 aromatic heterocycles. The van der Waals surface area contributed by atoms with Gasteiger partial charge in [-0.05, 0) is 54.4 Å². The van der Waals surface area contributed by atoms with Crippen LogP contribution in [0.2, 0.25) is 5.02 Å². The lowest BCUT2D eigenvalue weighted by molar-refractivity contribution is -0.139. The average Bonchev–Trinajstić information content (AvgIpc) is 2.82. The normalized spacial score (nSPS) is 11.6. The fourth-order valence-electron chi connectivity index (χ4n) is 3.39. The molecule has 1 atom stereocenters. The molecular formula is C26H26BrClN2O2S. The topological polar surface area (TPSA) is 49.4 Å². The fourth-order valence-corrected chi connectivity index (χ4v) is 4.57. The van der Waals surface area contributed by atoms with E-state index in [-0.39, 0.29) is 17.6 Å². The molecule has 1 N–H and O–H groups in total. The first kappa shape index (κ1) is 25.3. The highest BCUT2D eigenvalue weighted by Crippen LogP contribution is 2.23. The van der Waals surface area contributed by atoms with Gasteiger partial charge in [-0.15, -0.1) is 11.8 Å². The predicted octanol–water partition coefficient (Wildman–Crippen LogP) is 5.97. The Balaban J connectivity index is 1.87. The Morgan fingerprint density at radius 3 is 2.27 bits per heavy atom. The minimum Gasteiger partial charge on any atom is -0.355 e. The molecule has 0 fully saturated rings. The molecule has 2 amide bonds. The van der Waals surface area contributed by atoms with E-state index in [1.165, 1.54) is 11.8 Å². The molecule has 3 aromatic rings. The molecule has 0 spiro atoms. The van der Waals surface area contributed by atoms with Crippen molar-refractivity contribution in [1.29, 1.82) is 0 Å². The zero-order valence-corrected chi connectivity index (χ0v) is 21.5. The molecule has 172 valence electrons. The number of carbonyl (C=O) groups is 2. The predicted molar refractivity (Wildman–Crippen MR) is 139 cm³/mol. The molecule has 0 heterocycles. The highest BCUT2D eigenvalue weighted by molar-refractivity contribution is 9.10. The number of amides is 2. The van der Waals surface area contributed by atoms with Crippen LogP contribution in [-0.4, -0.2) is 35.1 Å². The molecule has 0 aliphatic rings. The first-order chi connectivity index (χ1) is 16.0. The summed E-state index contributed by atoms with van der Waals surface area (Å²) in [7, 11) is 0. The summed E-state index contributed by atoms with van der Waals surface area (Å²) >= 11 is 10.9. The second-order valence-electron chi connectivity index (χ2n) is 7.49. The summed E-state index contributed by atoms with van der Waals surface area (Å²) < 4.78 is 0.965. The van der Waals surface area contributed by atoms with E-state index in [1.54, 1.807) is 17.0 Å². The zero-order chi connectivity index (χ0) is 23.6. The summed E-state index contributed by atoms with van der Waals surface area (Å²) in [6.07, 6.45) is 0.445. The highest BCUT2D eigenvalue weighted by Gasteiger charge is 2.30. The number of benzene rings is 3. The lowest BCUT2D eigenvalue weighted by atomic mass is 10.0. The maximum absolute atomic E-state index is 13.5. The van der Waals surface area contributed by atoms with Gasteiger partial charge in [-0.3, -0.25) is 9.59 Å². The molecule has 3 aromatic carbocycles. The van der Waals surface area contributed by atoms with Gasteiger partial charge in [0.15, 0.2) is 0 Å². The summed E-state index contributed by atoms with van der Waals surface area (Å²) in [4.78, 5) is 29.3. The number of rotatable bonds is 10. The summed E-state index contributed by atoms with van der Waals surface area (Å²) in [5.41, 5.74) is 1.97. The van der Waals surface area contributed by atoms with Crippen LogP contribution < -0.4 is 5.32 Å². The van der Waals surface area contributed by atoms with Crippen LogP contribution >= 0.6 is 39.3 Å². The maximum Gasteiger partial charge on any atom is 0.243 e. The molecule has 0 saturated heterocycles. The monoisotopic (exact) mass is 544 g/mol.